The molecule has 6 unspecified atom stereocenters. The summed E-state index contributed by atoms with van der Waals surface area (Å²) in [6.45, 7) is -3.03. The number of fused-ring (bicyclic) bond motifs is 2. The van der Waals surface area contributed by atoms with Crippen LogP contribution in [0.25, 0.3) is 22.3 Å². The highest BCUT2D eigenvalue weighted by Gasteiger charge is 2.50. The number of imidazole rings is 2. The Morgan fingerprint density at radius 2 is 1.21 bits per heavy atom. The van der Waals surface area contributed by atoms with Gasteiger partial charge in [-0.15, -0.1) is 0 Å². The van der Waals surface area contributed by atoms with Crippen LogP contribution in [0.15, 0.2) is 12.7 Å². The van der Waals surface area contributed by atoms with Crippen molar-refractivity contribution in [3.63, 3.8) is 0 Å². The van der Waals surface area contributed by atoms with Gasteiger partial charge in [-0.1, -0.05) is 121 Å². The fraction of sp³-hybridized carbons (Fsp3) is 0.738. The standard InChI is InChI=1S/C42H69N11O13P2S3/c1-2-3-4-5-6-7-8-9-10-11-12-13-16-19-28(54)45-20-17-14-15-18-21-61-67(58,59)62-23-27-34(33(57)40(65-27)53-25-47-30-36(53)49-42(44)51-38(30)70)66-68(60,71)63-22-26-31(55)32(56)39(64-26)52-24-46-29-35(52)48-41(43)50-37(29)69/h24-27,31-34,39-40,55-57H,2-23H2,1H3,(H,45,54)(H,58,59)(H,60,71)(H3,43,48,50,69)(H3,44,49,51,70)/t26-,27-,31?,32?,33?,34?,39-,40-,68?/m1/s1. The van der Waals surface area contributed by atoms with Gasteiger partial charge in [-0.2, -0.15) is 0 Å². The lowest BCUT2D eigenvalue weighted by Crippen LogP contribution is -2.37. The molecule has 398 valence electrons. The molecule has 2 aliphatic rings. The molecule has 0 radical (unpaired) electrons. The van der Waals surface area contributed by atoms with E-state index in [1.54, 1.807) is 0 Å². The molecule has 29 heteroatoms. The number of hydrogen-bond acceptors (Lipinski definition) is 20. The van der Waals surface area contributed by atoms with E-state index in [0.29, 0.717) is 25.8 Å². The normalized spacial score (nSPS) is 24.2. The average molecular weight is 1090 g/mol. The van der Waals surface area contributed by atoms with Crippen molar-refractivity contribution >= 4 is 90.9 Å². The topological polar surface area (TPSA) is 348 Å². The van der Waals surface area contributed by atoms with Gasteiger partial charge in [0.15, 0.2) is 33.6 Å². The van der Waals surface area contributed by atoms with Crippen molar-refractivity contribution in [1.82, 2.24) is 44.4 Å². The highest BCUT2D eigenvalue weighted by atomic mass is 32.5. The summed E-state index contributed by atoms with van der Waals surface area (Å²) in [4.78, 5) is 56.2. The lowest BCUT2D eigenvalue weighted by Gasteiger charge is -2.26. The number of aromatic nitrogens is 8. The number of rotatable bonds is 32. The first-order chi connectivity index (χ1) is 34.0. The largest absolute Gasteiger partial charge is 0.472 e. The molecule has 0 bridgehead atoms. The number of unbranched alkanes of at least 4 members (excludes halogenated alkanes) is 15. The Balaban J connectivity index is 0.937. The number of carbonyl (C=O) groups excluding carboxylic acids is 1. The Hall–Kier alpha value is -2.95. The van der Waals surface area contributed by atoms with Crippen LogP contribution in [-0.2, 0) is 48.7 Å². The highest BCUT2D eigenvalue weighted by Crippen LogP contribution is 2.51. The van der Waals surface area contributed by atoms with Gasteiger partial charge in [0.25, 0.3) is 0 Å². The zero-order valence-electron chi connectivity index (χ0n) is 39.8. The zero-order valence-corrected chi connectivity index (χ0v) is 44.0. The van der Waals surface area contributed by atoms with Crippen molar-refractivity contribution in [2.45, 2.75) is 172 Å². The van der Waals surface area contributed by atoms with Crippen molar-refractivity contribution in [2.75, 3.05) is 37.8 Å². The number of phosphoric acid groups is 1. The highest BCUT2D eigenvalue weighted by molar-refractivity contribution is 8.07. The third-order valence-corrected chi connectivity index (χ3v) is 15.5. The van der Waals surface area contributed by atoms with Gasteiger partial charge in [0.1, 0.15) is 59.0 Å². The fourth-order valence-electron chi connectivity index (χ4n) is 8.54. The number of H-pyrrole nitrogens is 2. The van der Waals surface area contributed by atoms with Gasteiger partial charge in [-0.3, -0.25) is 27.5 Å². The second-order valence-electron chi connectivity index (χ2n) is 17.8. The number of aliphatic hydroxyl groups is 3. The molecule has 0 aromatic carbocycles. The van der Waals surface area contributed by atoms with E-state index in [-0.39, 0.29) is 56.0 Å². The number of aromatic amines is 2. The molecule has 71 heavy (non-hydrogen) atoms. The molecule has 6 rings (SSSR count). The summed E-state index contributed by atoms with van der Waals surface area (Å²) in [5, 5.41) is 36.5. The molecule has 4 aromatic heterocycles. The number of nitrogen functional groups attached to an aromatic ring is 2. The summed E-state index contributed by atoms with van der Waals surface area (Å²) in [7, 11) is -4.71. The molecule has 24 nitrogen and oxygen atoms in total. The quantitative estimate of drug-likeness (QED) is 0.0153. The third-order valence-electron chi connectivity index (χ3n) is 12.3. The molecule has 6 heterocycles. The monoisotopic (exact) mass is 1090 g/mol. The van der Waals surface area contributed by atoms with E-state index >= 15 is 0 Å². The van der Waals surface area contributed by atoms with Crippen LogP contribution in [-0.4, -0.2) is 133 Å². The summed E-state index contributed by atoms with van der Waals surface area (Å²) >= 11 is 15.8. The SMILES string of the molecule is CCCCCCCCCCCCCCCC(=O)NCCCCCCOP(=O)(O)OC[C@H]1O[C@@H](n2cnc3c(=S)nc(N)[nH]c32)C(O)C1OP(O)(=S)OC[C@H]1O[C@@H](n2cnc3c(=S)nc(N)[nH]c32)C(O)C1O. The molecular formula is C42H69N11O13P2S3. The zero-order chi connectivity index (χ0) is 51.1. The van der Waals surface area contributed by atoms with Crippen LogP contribution in [0.4, 0.5) is 11.9 Å². The average Bonchev–Trinajstić information content (AvgIpc) is 4.08. The first-order valence-corrected chi connectivity index (χ1v) is 29.2. The van der Waals surface area contributed by atoms with E-state index in [9.17, 15) is 34.5 Å². The third kappa shape index (κ3) is 16.5. The smallest absolute Gasteiger partial charge is 0.387 e. The number of ether oxygens (including phenoxy) is 2. The minimum absolute atomic E-state index is 0.0186. The summed E-state index contributed by atoms with van der Waals surface area (Å²) in [5.74, 6) is -0.0258. The van der Waals surface area contributed by atoms with Gasteiger partial charge in [0, 0.05) is 13.0 Å². The van der Waals surface area contributed by atoms with Crippen molar-refractivity contribution < 1.29 is 62.0 Å². The Labute approximate surface area is 426 Å². The lowest BCUT2D eigenvalue weighted by molar-refractivity contribution is -0.121. The number of nitrogens with zero attached hydrogens (tertiary/aromatic N) is 6. The number of carbonyl (C=O) groups is 1. The first kappa shape index (κ1) is 57.3. The van der Waals surface area contributed by atoms with E-state index < -0.39 is 76.8 Å². The predicted molar refractivity (Wildman–Crippen MR) is 271 cm³/mol. The summed E-state index contributed by atoms with van der Waals surface area (Å²) in [6.07, 6.45) is 10.4. The minimum Gasteiger partial charge on any atom is -0.387 e. The Morgan fingerprint density at radius 1 is 0.718 bits per heavy atom. The van der Waals surface area contributed by atoms with E-state index in [1.807, 2.05) is 0 Å². The van der Waals surface area contributed by atoms with Crippen LogP contribution in [0, 0.1) is 9.28 Å². The summed E-state index contributed by atoms with van der Waals surface area (Å²) in [5.41, 5.74) is 12.7. The van der Waals surface area contributed by atoms with E-state index in [1.165, 1.54) is 86.0 Å². The van der Waals surface area contributed by atoms with Crippen molar-refractivity contribution in [3.05, 3.63) is 21.9 Å². The molecule has 10 atom stereocenters. The molecule has 2 aliphatic heterocycles. The number of aliphatic hydroxyl groups excluding tert-OH is 3. The van der Waals surface area contributed by atoms with Crippen molar-refractivity contribution in [2.24, 2.45) is 0 Å². The molecule has 0 saturated carbocycles. The van der Waals surface area contributed by atoms with E-state index in [2.05, 4.69) is 42.1 Å². The van der Waals surface area contributed by atoms with Crippen LogP contribution in [0.2, 0.25) is 0 Å². The van der Waals surface area contributed by atoms with Gasteiger partial charge in [0.2, 0.25) is 5.91 Å². The number of hydrogen-bond donors (Lipinski definition) is 10. The second kappa shape index (κ2) is 27.5. The number of phosphoric ester groups is 1. The molecule has 2 saturated heterocycles. The lowest BCUT2D eigenvalue weighted by atomic mass is 10.0. The van der Waals surface area contributed by atoms with Crippen LogP contribution < -0.4 is 16.8 Å². The Morgan fingerprint density at radius 3 is 1.79 bits per heavy atom. The molecule has 2 fully saturated rings. The Bertz CT molecular complexity index is 2550. The van der Waals surface area contributed by atoms with Gasteiger partial charge in [-0.05, 0) is 31.1 Å². The number of nitrogens with one attached hydrogen (secondary N) is 3. The second-order valence-corrected chi connectivity index (χ2v) is 22.9. The molecule has 12 N–H and O–H groups in total. The number of nitrogens with two attached hydrogens (primary N) is 2. The maximum atomic E-state index is 13.1. The van der Waals surface area contributed by atoms with E-state index in [0.717, 1.165) is 32.1 Å². The molecule has 0 aliphatic carbocycles. The van der Waals surface area contributed by atoms with E-state index in [4.69, 9.17) is 75.3 Å². The van der Waals surface area contributed by atoms with Crippen LogP contribution in [0.1, 0.15) is 135 Å². The Kier molecular flexibility index (Phi) is 22.2. The van der Waals surface area contributed by atoms with Gasteiger partial charge in [-0.25, -0.2) is 24.5 Å². The maximum Gasteiger partial charge on any atom is 0.472 e. The predicted octanol–water partition coefficient (Wildman–Crippen LogP) is 5.94. The molecule has 4 aromatic rings. The molecule has 0 spiro atoms. The molecular weight excluding hydrogens is 1020 g/mol. The van der Waals surface area contributed by atoms with Crippen LogP contribution >= 0.6 is 39.0 Å². The van der Waals surface area contributed by atoms with Crippen LogP contribution in [0.3, 0.4) is 0 Å². The minimum atomic E-state index is -4.71. The van der Waals surface area contributed by atoms with Gasteiger partial charge < -0.3 is 65.9 Å². The fourth-order valence-corrected chi connectivity index (χ4v) is 11.2. The number of amides is 1. The summed E-state index contributed by atoms with van der Waals surface area (Å²) in [6, 6.07) is 0. The van der Waals surface area contributed by atoms with Gasteiger partial charge >= 0.3 is 14.5 Å². The van der Waals surface area contributed by atoms with Crippen LogP contribution in [0.5, 0.6) is 0 Å². The van der Waals surface area contributed by atoms with Gasteiger partial charge in [0.05, 0.1) is 32.5 Å². The maximum absolute atomic E-state index is 13.1. The molecule has 1 amide bonds. The number of anilines is 2. The van der Waals surface area contributed by atoms with Crippen molar-refractivity contribution in [3.8, 4) is 0 Å². The first-order valence-electron chi connectivity index (χ1n) is 24.3. The van der Waals surface area contributed by atoms with Crippen molar-refractivity contribution in [1.29, 1.82) is 0 Å². The summed E-state index contributed by atoms with van der Waals surface area (Å²) < 4.78 is 49.8.